The number of anilines is 2. The highest BCUT2D eigenvalue weighted by Gasteiger charge is 2.27. The van der Waals surface area contributed by atoms with Crippen LogP contribution < -0.4 is 15.4 Å². The fourth-order valence-corrected chi connectivity index (χ4v) is 5.21. The van der Waals surface area contributed by atoms with Crippen molar-refractivity contribution < 1.29 is 22.9 Å². The van der Waals surface area contributed by atoms with Crippen molar-refractivity contribution in [3.63, 3.8) is 0 Å². The van der Waals surface area contributed by atoms with Crippen molar-refractivity contribution in [1.29, 1.82) is 0 Å². The van der Waals surface area contributed by atoms with Crippen LogP contribution in [-0.4, -0.2) is 49.8 Å². The van der Waals surface area contributed by atoms with Gasteiger partial charge in [-0.1, -0.05) is 6.42 Å². The van der Waals surface area contributed by atoms with Crippen LogP contribution in [0.4, 0.5) is 17.1 Å². The molecule has 1 saturated heterocycles. The first-order chi connectivity index (χ1) is 15.8. The molecule has 3 rings (SSSR count). The van der Waals surface area contributed by atoms with E-state index in [1.165, 1.54) is 40.7 Å². The average Bonchev–Trinajstić information content (AvgIpc) is 2.81. The van der Waals surface area contributed by atoms with E-state index in [2.05, 4.69) is 10.6 Å². The zero-order valence-corrected chi connectivity index (χ0v) is 19.5. The number of sulfonamides is 1. The minimum absolute atomic E-state index is 0.0524. The molecular formula is C22H28N4O6S. The highest BCUT2D eigenvalue weighted by Crippen LogP contribution is 2.31. The van der Waals surface area contributed by atoms with Gasteiger partial charge >= 0.3 is 0 Å². The number of amides is 1. The van der Waals surface area contributed by atoms with Crippen LogP contribution in [0.2, 0.25) is 0 Å². The predicted octanol–water partition coefficient (Wildman–Crippen LogP) is 3.85. The van der Waals surface area contributed by atoms with Gasteiger partial charge in [0.1, 0.15) is 11.4 Å². The molecule has 1 aliphatic rings. The third-order valence-electron chi connectivity index (χ3n) is 5.28. The smallest absolute Gasteiger partial charge is 0.293 e. The van der Waals surface area contributed by atoms with Crippen molar-refractivity contribution in [1.82, 2.24) is 4.31 Å². The highest BCUT2D eigenvalue weighted by atomic mass is 32.2. The van der Waals surface area contributed by atoms with Gasteiger partial charge in [0.05, 0.1) is 22.1 Å². The summed E-state index contributed by atoms with van der Waals surface area (Å²) in [6.07, 6.45) is 2.61. The maximum Gasteiger partial charge on any atom is 0.293 e. The standard InChI is InChI=1S/C22H28N4O6S/c1-3-23-18-10-8-16(14-20(18)26(28)29)22(27)24-19-15-17(9-11-21(19)32-4-2)33(30,31)25-12-6-5-7-13-25/h8-11,14-15,23H,3-7,12-13H2,1-2H3,(H,24,27). The Kier molecular flexibility index (Phi) is 7.88. The molecule has 0 saturated carbocycles. The first kappa shape index (κ1) is 24.5. The van der Waals surface area contributed by atoms with Crippen LogP contribution in [0.25, 0.3) is 0 Å². The SMILES string of the molecule is CCNc1ccc(C(=O)Nc2cc(S(=O)(=O)N3CCCCC3)ccc2OCC)cc1[N+](=O)[O-]. The maximum atomic E-state index is 13.1. The minimum atomic E-state index is -3.72. The molecule has 0 bridgehead atoms. The topological polar surface area (TPSA) is 131 Å². The van der Waals surface area contributed by atoms with E-state index < -0.39 is 20.9 Å². The van der Waals surface area contributed by atoms with Crippen LogP contribution in [0.15, 0.2) is 41.3 Å². The second-order valence-corrected chi connectivity index (χ2v) is 9.47. The summed E-state index contributed by atoms with van der Waals surface area (Å²) in [4.78, 5) is 23.8. The Balaban J connectivity index is 1.93. The van der Waals surface area contributed by atoms with Crippen LogP contribution in [0.1, 0.15) is 43.5 Å². The normalized spacial score (nSPS) is 14.5. The fourth-order valence-electron chi connectivity index (χ4n) is 3.66. The zero-order valence-electron chi connectivity index (χ0n) is 18.7. The number of hydrogen-bond donors (Lipinski definition) is 2. The number of hydrogen-bond acceptors (Lipinski definition) is 7. The number of ether oxygens (including phenoxy) is 1. The van der Waals surface area contributed by atoms with E-state index in [4.69, 9.17) is 4.74 Å². The molecule has 0 aliphatic carbocycles. The molecule has 2 aromatic rings. The summed E-state index contributed by atoms with van der Waals surface area (Å²) in [7, 11) is -3.72. The van der Waals surface area contributed by atoms with E-state index in [-0.39, 0.29) is 21.8 Å². The quantitative estimate of drug-likeness (QED) is 0.415. The Morgan fingerprint density at radius 1 is 1.09 bits per heavy atom. The van der Waals surface area contributed by atoms with E-state index in [0.717, 1.165) is 19.3 Å². The molecule has 0 radical (unpaired) electrons. The van der Waals surface area contributed by atoms with Gasteiger partial charge < -0.3 is 15.4 Å². The van der Waals surface area contributed by atoms with E-state index in [9.17, 15) is 23.3 Å². The van der Waals surface area contributed by atoms with E-state index >= 15 is 0 Å². The molecule has 1 amide bonds. The monoisotopic (exact) mass is 476 g/mol. The number of nitrogens with one attached hydrogen (secondary N) is 2. The summed E-state index contributed by atoms with van der Waals surface area (Å²) in [5, 5.41) is 17.0. The molecule has 0 spiro atoms. The number of nitro benzene ring substituents is 1. The third-order valence-corrected chi connectivity index (χ3v) is 7.17. The Bertz CT molecular complexity index is 1130. The molecule has 10 nitrogen and oxygen atoms in total. The largest absolute Gasteiger partial charge is 0.492 e. The lowest BCUT2D eigenvalue weighted by atomic mass is 10.1. The molecular weight excluding hydrogens is 448 g/mol. The molecule has 0 atom stereocenters. The van der Waals surface area contributed by atoms with Gasteiger partial charge in [-0.05, 0) is 57.0 Å². The average molecular weight is 477 g/mol. The van der Waals surface area contributed by atoms with Crippen LogP contribution in [0, 0.1) is 10.1 Å². The van der Waals surface area contributed by atoms with Gasteiger partial charge in [0.15, 0.2) is 0 Å². The van der Waals surface area contributed by atoms with Crippen LogP contribution >= 0.6 is 0 Å². The van der Waals surface area contributed by atoms with Crippen molar-refractivity contribution in [2.45, 2.75) is 38.0 Å². The van der Waals surface area contributed by atoms with Crippen LogP contribution in [0.5, 0.6) is 5.75 Å². The fraction of sp³-hybridized carbons (Fsp3) is 0.409. The molecule has 0 unspecified atom stereocenters. The number of carbonyl (C=O) groups excluding carboxylic acids is 1. The number of benzene rings is 2. The lowest BCUT2D eigenvalue weighted by Crippen LogP contribution is -2.35. The third kappa shape index (κ3) is 5.60. The molecule has 178 valence electrons. The van der Waals surface area contributed by atoms with Crippen LogP contribution in [-0.2, 0) is 10.0 Å². The summed E-state index contributed by atoms with van der Waals surface area (Å²) in [5.41, 5.74) is 0.327. The van der Waals surface area contributed by atoms with Gasteiger partial charge in [0.2, 0.25) is 10.0 Å². The minimum Gasteiger partial charge on any atom is -0.492 e. The number of piperidine rings is 1. The molecule has 11 heteroatoms. The van der Waals surface area contributed by atoms with Gasteiger partial charge in [-0.15, -0.1) is 0 Å². The van der Waals surface area contributed by atoms with Crippen molar-refractivity contribution in [3.8, 4) is 5.75 Å². The van der Waals surface area contributed by atoms with Crippen molar-refractivity contribution >= 4 is 33.0 Å². The summed E-state index contributed by atoms with van der Waals surface area (Å²) in [6.45, 7) is 5.29. The Morgan fingerprint density at radius 2 is 1.82 bits per heavy atom. The van der Waals surface area contributed by atoms with Crippen molar-refractivity contribution in [2.75, 3.05) is 36.9 Å². The number of carbonyl (C=O) groups is 1. The van der Waals surface area contributed by atoms with Gasteiger partial charge in [-0.3, -0.25) is 14.9 Å². The number of nitrogens with zero attached hydrogens (tertiary/aromatic N) is 2. The lowest BCUT2D eigenvalue weighted by Gasteiger charge is -2.26. The second-order valence-electron chi connectivity index (χ2n) is 7.53. The van der Waals surface area contributed by atoms with E-state index in [1.54, 1.807) is 6.92 Å². The van der Waals surface area contributed by atoms with Crippen molar-refractivity contribution in [2.24, 2.45) is 0 Å². The zero-order chi connectivity index (χ0) is 24.0. The van der Waals surface area contributed by atoms with Crippen molar-refractivity contribution in [3.05, 3.63) is 52.1 Å². The predicted molar refractivity (Wildman–Crippen MR) is 125 cm³/mol. The van der Waals surface area contributed by atoms with Gasteiger partial charge in [-0.2, -0.15) is 4.31 Å². The van der Waals surface area contributed by atoms with Gasteiger partial charge in [-0.25, -0.2) is 8.42 Å². The first-order valence-electron chi connectivity index (χ1n) is 10.9. The van der Waals surface area contributed by atoms with Crippen LogP contribution in [0.3, 0.4) is 0 Å². The second kappa shape index (κ2) is 10.6. The lowest BCUT2D eigenvalue weighted by molar-refractivity contribution is -0.384. The molecule has 2 N–H and O–H groups in total. The summed E-state index contributed by atoms with van der Waals surface area (Å²) in [5.74, 6) is -0.308. The molecule has 1 fully saturated rings. The van der Waals surface area contributed by atoms with Gasteiger partial charge in [0.25, 0.3) is 11.6 Å². The molecule has 1 aliphatic heterocycles. The molecule has 1 heterocycles. The van der Waals surface area contributed by atoms with E-state index in [1.807, 2.05) is 6.92 Å². The Hall–Kier alpha value is -3.18. The number of rotatable bonds is 9. The summed E-state index contributed by atoms with van der Waals surface area (Å²) < 4.78 is 33.2. The maximum absolute atomic E-state index is 13.1. The Labute approximate surface area is 193 Å². The Morgan fingerprint density at radius 3 is 2.45 bits per heavy atom. The first-order valence-corrected chi connectivity index (χ1v) is 12.3. The highest BCUT2D eigenvalue weighted by molar-refractivity contribution is 7.89. The molecule has 0 aromatic heterocycles. The number of nitro groups is 1. The molecule has 2 aromatic carbocycles. The molecule has 33 heavy (non-hydrogen) atoms. The van der Waals surface area contributed by atoms with E-state index in [0.29, 0.717) is 37.7 Å². The van der Waals surface area contributed by atoms with Gasteiger partial charge in [0, 0.05) is 31.3 Å². The summed E-state index contributed by atoms with van der Waals surface area (Å²) in [6, 6.07) is 8.45. The summed E-state index contributed by atoms with van der Waals surface area (Å²) >= 11 is 0.